The first-order valence-electron chi connectivity index (χ1n) is 6.66. The van der Waals surface area contributed by atoms with Crippen LogP contribution in [-0.2, 0) is 12.8 Å². The molecule has 2 nitrogen and oxygen atoms in total. The molecule has 1 aromatic heterocycles. The minimum atomic E-state index is 0.540. The van der Waals surface area contributed by atoms with Crippen LogP contribution in [0.2, 0.25) is 5.15 Å². The fraction of sp³-hybridized carbons (Fsp3) is 0.375. The van der Waals surface area contributed by atoms with Crippen LogP contribution in [0.5, 0.6) is 0 Å². The molecule has 2 aromatic rings. The van der Waals surface area contributed by atoms with Crippen molar-refractivity contribution in [2.75, 3.05) is 0 Å². The monoisotopic (exact) mass is 274 g/mol. The Balaban J connectivity index is 2.27. The van der Waals surface area contributed by atoms with Gasteiger partial charge in [-0.3, -0.25) is 0 Å². The van der Waals surface area contributed by atoms with E-state index in [1.54, 1.807) is 0 Å². The van der Waals surface area contributed by atoms with E-state index in [-0.39, 0.29) is 0 Å². The number of rotatable bonds is 4. The Hall–Kier alpha value is -1.41. The first-order valence-corrected chi connectivity index (χ1v) is 7.04. The Morgan fingerprint density at radius 1 is 1.00 bits per heavy atom. The maximum absolute atomic E-state index is 6.06. The van der Waals surface area contributed by atoms with Crippen LogP contribution in [0, 0.1) is 13.8 Å². The maximum atomic E-state index is 6.06. The second-order valence-corrected chi connectivity index (χ2v) is 5.41. The molecule has 0 saturated carbocycles. The van der Waals surface area contributed by atoms with Gasteiger partial charge < -0.3 is 0 Å². The van der Waals surface area contributed by atoms with E-state index in [1.165, 1.54) is 16.7 Å². The lowest BCUT2D eigenvalue weighted by Gasteiger charge is -2.06. The van der Waals surface area contributed by atoms with E-state index in [1.807, 2.05) is 6.07 Å². The van der Waals surface area contributed by atoms with E-state index in [4.69, 9.17) is 11.6 Å². The standard InChI is InChI=1S/C16H19ClN2/c1-4-5-14-10-15(17)19-16(18-14)9-13-7-11(2)6-12(3)8-13/h6-8,10H,4-5,9H2,1-3H3. The maximum Gasteiger partial charge on any atom is 0.134 e. The van der Waals surface area contributed by atoms with E-state index >= 15 is 0 Å². The molecule has 100 valence electrons. The molecule has 1 heterocycles. The molecule has 0 aliphatic rings. The van der Waals surface area contributed by atoms with Crippen LogP contribution in [0.3, 0.4) is 0 Å². The quantitative estimate of drug-likeness (QED) is 0.777. The predicted molar refractivity (Wildman–Crippen MR) is 79.8 cm³/mol. The molecule has 0 aliphatic heterocycles. The Bertz CT molecular complexity index is 559. The molecular weight excluding hydrogens is 256 g/mol. The van der Waals surface area contributed by atoms with Gasteiger partial charge in [0.05, 0.1) is 0 Å². The largest absolute Gasteiger partial charge is 0.237 e. The number of benzene rings is 1. The van der Waals surface area contributed by atoms with Crippen LogP contribution in [-0.4, -0.2) is 9.97 Å². The molecule has 0 fully saturated rings. The van der Waals surface area contributed by atoms with Crippen LogP contribution in [0.1, 0.15) is 41.6 Å². The lowest BCUT2D eigenvalue weighted by Crippen LogP contribution is -2.01. The van der Waals surface area contributed by atoms with Crippen LogP contribution in [0.25, 0.3) is 0 Å². The van der Waals surface area contributed by atoms with E-state index in [0.717, 1.165) is 30.8 Å². The molecule has 0 spiro atoms. The van der Waals surface area contributed by atoms with Crippen molar-refractivity contribution in [2.24, 2.45) is 0 Å². The molecule has 0 radical (unpaired) electrons. The van der Waals surface area contributed by atoms with E-state index < -0.39 is 0 Å². The first-order chi connectivity index (χ1) is 9.06. The van der Waals surface area contributed by atoms with Gasteiger partial charge in [-0.25, -0.2) is 9.97 Å². The second-order valence-electron chi connectivity index (χ2n) is 5.02. The molecule has 19 heavy (non-hydrogen) atoms. The van der Waals surface area contributed by atoms with Crippen molar-refractivity contribution >= 4 is 11.6 Å². The zero-order valence-corrected chi connectivity index (χ0v) is 12.5. The number of aromatic nitrogens is 2. The zero-order chi connectivity index (χ0) is 13.8. The Kier molecular flexibility index (Phi) is 4.54. The van der Waals surface area contributed by atoms with Gasteiger partial charge in [0.1, 0.15) is 11.0 Å². The fourth-order valence-corrected chi connectivity index (χ4v) is 2.56. The van der Waals surface area contributed by atoms with Gasteiger partial charge in [-0.2, -0.15) is 0 Å². The van der Waals surface area contributed by atoms with Gasteiger partial charge >= 0.3 is 0 Å². The molecule has 0 bridgehead atoms. The molecule has 2 rings (SSSR count). The molecule has 0 unspecified atom stereocenters. The predicted octanol–water partition coefficient (Wildman–Crippen LogP) is 4.29. The molecule has 0 N–H and O–H groups in total. The third kappa shape index (κ3) is 4.03. The van der Waals surface area contributed by atoms with Gasteiger partial charge in [-0.15, -0.1) is 0 Å². The third-order valence-corrected chi connectivity index (χ3v) is 3.14. The highest BCUT2D eigenvalue weighted by atomic mass is 35.5. The molecule has 1 aromatic carbocycles. The van der Waals surface area contributed by atoms with Crippen molar-refractivity contribution in [1.29, 1.82) is 0 Å². The van der Waals surface area contributed by atoms with Crippen LogP contribution in [0.4, 0.5) is 0 Å². The van der Waals surface area contributed by atoms with Crippen molar-refractivity contribution < 1.29 is 0 Å². The average Bonchev–Trinajstić information content (AvgIpc) is 2.26. The Labute approximate surface area is 119 Å². The van der Waals surface area contributed by atoms with Crippen molar-refractivity contribution in [1.82, 2.24) is 9.97 Å². The van der Waals surface area contributed by atoms with Crippen molar-refractivity contribution in [3.63, 3.8) is 0 Å². The summed E-state index contributed by atoms with van der Waals surface area (Å²) in [5.74, 6) is 0.806. The second kappa shape index (κ2) is 6.16. The lowest BCUT2D eigenvalue weighted by molar-refractivity contribution is 0.841. The van der Waals surface area contributed by atoms with Crippen molar-refractivity contribution in [3.05, 3.63) is 57.6 Å². The lowest BCUT2D eigenvalue weighted by atomic mass is 10.0. The number of nitrogens with zero attached hydrogens (tertiary/aromatic N) is 2. The molecule has 0 atom stereocenters. The van der Waals surface area contributed by atoms with Gasteiger partial charge in [0.2, 0.25) is 0 Å². The van der Waals surface area contributed by atoms with Gasteiger partial charge in [0.15, 0.2) is 0 Å². The summed E-state index contributed by atoms with van der Waals surface area (Å²) in [6.07, 6.45) is 2.75. The first kappa shape index (κ1) is 14.0. The summed E-state index contributed by atoms with van der Waals surface area (Å²) in [6, 6.07) is 8.38. The molecule has 0 aliphatic carbocycles. The summed E-state index contributed by atoms with van der Waals surface area (Å²) >= 11 is 6.06. The Morgan fingerprint density at radius 3 is 2.32 bits per heavy atom. The van der Waals surface area contributed by atoms with Crippen molar-refractivity contribution in [2.45, 2.75) is 40.0 Å². The van der Waals surface area contributed by atoms with Crippen LogP contribution < -0.4 is 0 Å². The molecule has 0 amide bonds. The summed E-state index contributed by atoms with van der Waals surface area (Å²) in [4.78, 5) is 8.91. The summed E-state index contributed by atoms with van der Waals surface area (Å²) < 4.78 is 0. The highest BCUT2D eigenvalue weighted by molar-refractivity contribution is 6.29. The van der Waals surface area contributed by atoms with Crippen molar-refractivity contribution in [3.8, 4) is 0 Å². The minimum Gasteiger partial charge on any atom is -0.237 e. The van der Waals surface area contributed by atoms with Gasteiger partial charge in [0.25, 0.3) is 0 Å². The minimum absolute atomic E-state index is 0.540. The van der Waals surface area contributed by atoms with Gasteiger partial charge in [0, 0.05) is 12.1 Å². The summed E-state index contributed by atoms with van der Waals surface area (Å²) in [7, 11) is 0. The number of aryl methyl sites for hydroxylation is 3. The fourth-order valence-electron chi connectivity index (χ4n) is 2.33. The van der Waals surface area contributed by atoms with Gasteiger partial charge in [-0.1, -0.05) is 54.3 Å². The number of hydrogen-bond acceptors (Lipinski definition) is 2. The third-order valence-electron chi connectivity index (χ3n) is 2.94. The summed E-state index contributed by atoms with van der Waals surface area (Å²) in [5, 5.41) is 0.540. The molecule has 3 heteroatoms. The van der Waals surface area contributed by atoms with E-state index in [0.29, 0.717) is 5.15 Å². The molecule has 0 saturated heterocycles. The number of halogens is 1. The SMILES string of the molecule is CCCc1cc(Cl)nc(Cc2cc(C)cc(C)c2)n1. The summed E-state index contributed by atoms with van der Waals surface area (Å²) in [6.45, 7) is 6.36. The highest BCUT2D eigenvalue weighted by Gasteiger charge is 2.05. The number of hydrogen-bond donors (Lipinski definition) is 0. The molecular formula is C16H19ClN2. The Morgan fingerprint density at radius 2 is 1.68 bits per heavy atom. The average molecular weight is 275 g/mol. The topological polar surface area (TPSA) is 25.8 Å². The zero-order valence-electron chi connectivity index (χ0n) is 11.7. The van der Waals surface area contributed by atoms with Gasteiger partial charge in [-0.05, 0) is 31.9 Å². The summed E-state index contributed by atoms with van der Waals surface area (Å²) in [5.41, 5.74) is 4.81. The van der Waals surface area contributed by atoms with Crippen LogP contribution >= 0.6 is 11.6 Å². The smallest absolute Gasteiger partial charge is 0.134 e. The highest BCUT2D eigenvalue weighted by Crippen LogP contribution is 2.15. The normalized spacial score (nSPS) is 10.7. The van der Waals surface area contributed by atoms with E-state index in [9.17, 15) is 0 Å². The van der Waals surface area contributed by atoms with Crippen LogP contribution in [0.15, 0.2) is 24.3 Å². The van der Waals surface area contributed by atoms with E-state index in [2.05, 4.69) is 48.9 Å².